The minimum absolute atomic E-state index is 0. The van der Waals surface area contributed by atoms with Crippen LogP contribution < -0.4 is 0 Å². The van der Waals surface area contributed by atoms with Gasteiger partial charge in [0.25, 0.3) is 0 Å². The second kappa shape index (κ2) is 20.7. The number of alkyl halides is 6. The number of hydrogen-bond donors (Lipinski definition) is 0. The first-order valence-electron chi connectivity index (χ1n) is 17.6. The van der Waals surface area contributed by atoms with Gasteiger partial charge in [-0.2, -0.15) is 26.3 Å². The summed E-state index contributed by atoms with van der Waals surface area (Å²) in [6.07, 6.45) is -8.67. The fourth-order valence-electron chi connectivity index (χ4n) is 7.06. The van der Waals surface area contributed by atoms with Gasteiger partial charge in [-0.3, -0.25) is 0 Å². The second-order valence-electron chi connectivity index (χ2n) is 13.9. The summed E-state index contributed by atoms with van der Waals surface area (Å²) >= 11 is 1.36. The first kappa shape index (κ1) is 52.1. The molecule has 0 aliphatic heterocycles. The summed E-state index contributed by atoms with van der Waals surface area (Å²) in [6.45, 7) is 14.9. The van der Waals surface area contributed by atoms with Gasteiger partial charge in [0.1, 0.15) is 0 Å². The molecule has 0 aliphatic rings. The Morgan fingerprint density at radius 2 is 0.800 bits per heavy atom. The Kier molecular flexibility index (Phi) is 17.9. The molecule has 0 bridgehead atoms. The van der Waals surface area contributed by atoms with Gasteiger partial charge in [-0.25, -0.2) is 0 Å². The molecule has 0 N–H and O–H groups in total. The molecule has 0 fully saturated rings. The van der Waals surface area contributed by atoms with E-state index in [4.69, 9.17) is 8.83 Å². The number of benzene rings is 4. The molecular formula is C48H44Cl2F6O2SiZr-4. The third-order valence-electron chi connectivity index (χ3n) is 10.1. The fourth-order valence-corrected chi connectivity index (χ4v) is 7.06. The Labute approximate surface area is 377 Å². The van der Waals surface area contributed by atoms with E-state index in [1.807, 2.05) is 77.9 Å². The van der Waals surface area contributed by atoms with Crippen LogP contribution in [0.4, 0.5) is 26.3 Å². The van der Waals surface area contributed by atoms with Crippen molar-refractivity contribution in [2.75, 3.05) is 0 Å². The predicted molar refractivity (Wildman–Crippen MR) is 237 cm³/mol. The Morgan fingerprint density at radius 1 is 0.483 bits per heavy atom. The summed E-state index contributed by atoms with van der Waals surface area (Å²) in [5.41, 5.74) is 8.49. The van der Waals surface area contributed by atoms with Crippen molar-refractivity contribution in [2.24, 2.45) is 0 Å². The summed E-state index contributed by atoms with van der Waals surface area (Å²) in [4.78, 5) is 0. The average molecular weight is 957 g/mol. The molecule has 2 radical (unpaired) electrons. The third kappa shape index (κ3) is 10.9. The van der Waals surface area contributed by atoms with Crippen LogP contribution >= 0.6 is 24.8 Å². The van der Waals surface area contributed by atoms with Crippen LogP contribution in [0.3, 0.4) is 0 Å². The van der Waals surface area contributed by atoms with E-state index in [1.165, 1.54) is 23.3 Å². The average Bonchev–Trinajstić information content (AvgIpc) is 3.97. The second-order valence-corrected chi connectivity index (χ2v) is 13.9. The molecule has 0 amide bonds. The van der Waals surface area contributed by atoms with Gasteiger partial charge in [0.15, 0.2) is 0 Å². The van der Waals surface area contributed by atoms with E-state index in [1.54, 1.807) is 24.3 Å². The zero-order chi connectivity index (χ0) is 40.7. The summed E-state index contributed by atoms with van der Waals surface area (Å²) in [5, 5.41) is 4.14. The third-order valence-corrected chi connectivity index (χ3v) is 10.1. The fraction of sp³-hybridized carbons (Fsp3) is 0.167. The van der Waals surface area contributed by atoms with E-state index in [-0.39, 0.29) is 39.7 Å². The molecule has 0 saturated heterocycles. The first-order valence-corrected chi connectivity index (χ1v) is 21.8. The molecule has 2 nitrogen and oxygen atoms in total. The summed E-state index contributed by atoms with van der Waals surface area (Å²) in [5.74, 6) is 3.26. The molecule has 0 spiro atoms. The van der Waals surface area contributed by atoms with Gasteiger partial charge < -0.3 is 23.7 Å². The number of furan rings is 2. The molecule has 12 heteroatoms. The molecule has 0 atom stereocenters. The van der Waals surface area contributed by atoms with Crippen LogP contribution in [0.15, 0.2) is 118 Å². The van der Waals surface area contributed by atoms with Crippen LogP contribution in [0.5, 0.6) is 0 Å². The Balaban J connectivity index is 0.000000373. The van der Waals surface area contributed by atoms with Gasteiger partial charge in [-0.05, 0) is 112 Å². The van der Waals surface area contributed by atoms with E-state index < -0.39 is 23.5 Å². The summed E-state index contributed by atoms with van der Waals surface area (Å²) < 4.78 is 88.9. The normalized spacial score (nSPS) is 10.9. The van der Waals surface area contributed by atoms with Crippen molar-refractivity contribution < 1.29 is 58.5 Å². The van der Waals surface area contributed by atoms with E-state index in [9.17, 15) is 26.3 Å². The number of hydrogen-bond acceptors (Lipinski definition) is 2. The van der Waals surface area contributed by atoms with Crippen molar-refractivity contribution in [3.05, 3.63) is 169 Å². The molecule has 0 unspecified atom stereocenters. The molecule has 0 saturated carbocycles. The molecule has 6 aromatic carbocycles. The van der Waals surface area contributed by atoms with Crippen LogP contribution in [0.1, 0.15) is 44.9 Å². The quantitative estimate of drug-likeness (QED) is 0.0998. The standard InChI is InChI=1S/2C23H18F3O.2CH3.2ClH.Si.Zr/c2*1-13-10-17-11-18(21-9-4-14(2)27-21)12-20(17)22(15(13)3)16-5-7-19(8-6-16)23(24,25)26;;;;;;/h2*4-12H,1-3H3;2*1H3;2*1H;;/q4*-1;;;;. The molecule has 316 valence electrons. The molecule has 8 aromatic rings. The van der Waals surface area contributed by atoms with Gasteiger partial charge in [-0.15, -0.1) is 82.8 Å². The number of rotatable bonds is 4. The molecule has 2 heterocycles. The minimum atomic E-state index is -4.33. The molecular weight excluding hydrogens is 913 g/mol. The number of fused-ring (bicyclic) bond motifs is 2. The summed E-state index contributed by atoms with van der Waals surface area (Å²) in [7, 11) is 0. The van der Waals surface area contributed by atoms with Gasteiger partial charge in [0.2, 0.25) is 0 Å². The number of halogens is 8. The van der Waals surface area contributed by atoms with Gasteiger partial charge >= 0.3 is 42.6 Å². The zero-order valence-electron chi connectivity index (χ0n) is 34.3. The van der Waals surface area contributed by atoms with Crippen LogP contribution in [0.25, 0.3) is 66.4 Å². The predicted octanol–water partition coefficient (Wildman–Crippen LogP) is 16.2. The van der Waals surface area contributed by atoms with E-state index in [0.29, 0.717) is 0 Å². The van der Waals surface area contributed by atoms with E-state index >= 15 is 0 Å². The van der Waals surface area contributed by atoms with E-state index in [2.05, 4.69) is 31.1 Å². The van der Waals surface area contributed by atoms with Crippen molar-refractivity contribution in [3.63, 3.8) is 0 Å². The van der Waals surface area contributed by atoms with Crippen LogP contribution in [0, 0.1) is 56.4 Å². The van der Waals surface area contributed by atoms with Crippen molar-refractivity contribution in [2.45, 2.75) is 53.9 Å². The zero-order valence-corrected chi connectivity index (χ0v) is 39.4. The molecule has 2 aromatic heterocycles. The van der Waals surface area contributed by atoms with Crippen molar-refractivity contribution in [1.29, 1.82) is 0 Å². The monoisotopic (exact) mass is 954 g/mol. The topological polar surface area (TPSA) is 26.3 Å². The molecule has 8 rings (SSSR count). The summed E-state index contributed by atoms with van der Waals surface area (Å²) in [6, 6.07) is 30.9. The Bertz CT molecular complexity index is 2480. The van der Waals surface area contributed by atoms with Crippen molar-refractivity contribution in [3.8, 4) is 44.9 Å². The van der Waals surface area contributed by atoms with Gasteiger partial charge in [0.05, 0.1) is 34.2 Å². The van der Waals surface area contributed by atoms with Crippen LogP contribution in [-0.2, 0) is 35.7 Å². The first-order chi connectivity index (χ1) is 26.5. The maximum absolute atomic E-state index is 12.9. The Morgan fingerprint density at radius 3 is 1.07 bits per heavy atom. The van der Waals surface area contributed by atoms with Crippen LogP contribution in [-0.4, -0.2) is 6.88 Å². The SMILES string of the molecule is Cc1ccc(-c2cc3c(-c4ccc(C(F)(F)F)cc4)c(C)c(C)cc3[cH-]2)o1.Cc1ccc(-c2cc3c(-c4ccc(C(F)(F)F)cc4)c(C)c(C)cc3[cH-]2)o1.Cl.Cl.[CH3-].[CH3-].[Si]=[Zr]. The maximum atomic E-state index is 12.9. The molecule has 0 aliphatic carbocycles. The number of aryl methyl sites for hydroxylation is 4. The van der Waals surface area contributed by atoms with E-state index in [0.717, 1.165) is 124 Å². The van der Waals surface area contributed by atoms with Gasteiger partial charge in [0, 0.05) is 0 Å². The van der Waals surface area contributed by atoms with Gasteiger partial charge in [-0.1, -0.05) is 57.6 Å². The van der Waals surface area contributed by atoms with Crippen LogP contribution in [0.2, 0.25) is 0 Å². The molecule has 60 heavy (non-hydrogen) atoms. The van der Waals surface area contributed by atoms with Crippen molar-refractivity contribution >= 4 is 53.2 Å². The van der Waals surface area contributed by atoms with Crippen molar-refractivity contribution in [1.82, 2.24) is 0 Å². The Hall–Kier alpha value is -4.08.